The minimum absolute atomic E-state index is 0.753. The lowest BCUT2D eigenvalue weighted by Crippen LogP contribution is -2.09. The van der Waals surface area contributed by atoms with Crippen LogP contribution in [0.1, 0.15) is 37.3 Å². The molecular weight excluding hydrogens is 248 g/mol. The van der Waals surface area contributed by atoms with Gasteiger partial charge in [0, 0.05) is 4.83 Å². The van der Waals surface area contributed by atoms with Crippen LogP contribution in [0.3, 0.4) is 0 Å². The number of hydrogen-bond donors (Lipinski definition) is 0. The number of alkyl halides is 1. The fourth-order valence-corrected chi connectivity index (χ4v) is 3.21. The average Bonchev–Trinajstić information content (AvgIpc) is 2.66. The molecule has 0 amide bonds. The van der Waals surface area contributed by atoms with Crippen LogP contribution >= 0.6 is 15.9 Å². The van der Waals surface area contributed by atoms with Crippen LogP contribution < -0.4 is 0 Å². The van der Waals surface area contributed by atoms with Crippen molar-refractivity contribution in [1.82, 2.24) is 0 Å². The number of halogens is 1. The third-order valence-electron chi connectivity index (χ3n) is 3.50. The Kier molecular flexibility index (Phi) is 3.85. The molecule has 1 aromatic rings. The predicted octanol–water partition coefficient (Wildman–Crippen LogP) is 4.36. The molecule has 0 bridgehead atoms. The van der Waals surface area contributed by atoms with E-state index in [1.807, 2.05) is 0 Å². The van der Waals surface area contributed by atoms with E-state index in [-0.39, 0.29) is 0 Å². The average molecular weight is 267 g/mol. The third kappa shape index (κ3) is 2.84. The Balaban J connectivity index is 1.98. The highest BCUT2D eigenvalue weighted by Gasteiger charge is 2.24. The van der Waals surface area contributed by atoms with Gasteiger partial charge in [0.2, 0.25) is 0 Å². The first-order chi connectivity index (χ1) is 7.29. The van der Waals surface area contributed by atoms with Crippen LogP contribution in [0.15, 0.2) is 24.3 Å². The second-order valence-corrected chi connectivity index (χ2v) is 5.76. The Morgan fingerprint density at radius 1 is 1.13 bits per heavy atom. The van der Waals surface area contributed by atoms with Crippen molar-refractivity contribution < 1.29 is 0 Å². The molecule has 1 fully saturated rings. The Morgan fingerprint density at radius 3 is 2.33 bits per heavy atom. The van der Waals surface area contributed by atoms with Gasteiger partial charge in [-0.2, -0.15) is 0 Å². The third-order valence-corrected chi connectivity index (χ3v) is 4.70. The number of aryl methyl sites for hydroxylation is 1. The van der Waals surface area contributed by atoms with Gasteiger partial charge in [0.25, 0.3) is 0 Å². The summed E-state index contributed by atoms with van der Waals surface area (Å²) >= 11 is 3.79. The van der Waals surface area contributed by atoms with Gasteiger partial charge >= 0.3 is 0 Å². The first-order valence-corrected chi connectivity index (χ1v) is 6.93. The van der Waals surface area contributed by atoms with E-state index in [0.29, 0.717) is 0 Å². The van der Waals surface area contributed by atoms with Crippen molar-refractivity contribution in [2.45, 2.75) is 43.9 Å². The van der Waals surface area contributed by atoms with Crippen LogP contribution in [-0.4, -0.2) is 4.83 Å². The van der Waals surface area contributed by atoms with Gasteiger partial charge in [0.15, 0.2) is 0 Å². The normalized spacial score (nSPS) is 25.7. The molecule has 82 valence electrons. The molecule has 2 unspecified atom stereocenters. The van der Waals surface area contributed by atoms with Gasteiger partial charge in [0.1, 0.15) is 0 Å². The Hall–Kier alpha value is -0.300. The summed E-state index contributed by atoms with van der Waals surface area (Å²) < 4.78 is 0. The predicted molar refractivity (Wildman–Crippen MR) is 69.6 cm³/mol. The summed E-state index contributed by atoms with van der Waals surface area (Å²) in [5, 5.41) is 0. The summed E-state index contributed by atoms with van der Waals surface area (Å²) in [5.41, 5.74) is 2.95. The molecule has 0 radical (unpaired) electrons. The van der Waals surface area contributed by atoms with Crippen LogP contribution in [0.2, 0.25) is 0 Å². The van der Waals surface area contributed by atoms with Gasteiger partial charge in [-0.15, -0.1) is 0 Å². The van der Waals surface area contributed by atoms with Gasteiger partial charge in [-0.1, -0.05) is 53.5 Å². The van der Waals surface area contributed by atoms with E-state index in [1.165, 1.54) is 36.8 Å². The lowest BCUT2D eigenvalue weighted by atomic mass is 9.97. The zero-order valence-corrected chi connectivity index (χ0v) is 11.0. The highest BCUT2D eigenvalue weighted by atomic mass is 79.9. The van der Waals surface area contributed by atoms with E-state index < -0.39 is 0 Å². The molecule has 0 aliphatic heterocycles. The maximum absolute atomic E-state index is 3.79. The number of rotatable bonds is 3. The Bertz CT molecular complexity index is 302. The highest BCUT2D eigenvalue weighted by molar-refractivity contribution is 9.09. The summed E-state index contributed by atoms with van der Waals surface area (Å²) in [6, 6.07) is 9.15. The van der Waals surface area contributed by atoms with Gasteiger partial charge in [-0.25, -0.2) is 0 Å². The van der Waals surface area contributed by atoms with E-state index >= 15 is 0 Å². The molecule has 1 heteroatoms. The monoisotopic (exact) mass is 266 g/mol. The Morgan fingerprint density at radius 2 is 1.80 bits per heavy atom. The molecule has 1 saturated carbocycles. The standard InChI is InChI=1S/C14H19Br/c1-2-11-6-8-12(9-7-11)10-13-4-3-5-14(13)15/h6-9,13-14H,2-5,10H2,1H3. The largest absolute Gasteiger partial charge is 0.0888 e. The van der Waals surface area contributed by atoms with E-state index in [4.69, 9.17) is 0 Å². The van der Waals surface area contributed by atoms with Gasteiger partial charge in [0.05, 0.1) is 0 Å². The van der Waals surface area contributed by atoms with E-state index in [9.17, 15) is 0 Å². The van der Waals surface area contributed by atoms with Gasteiger partial charge in [-0.3, -0.25) is 0 Å². The SMILES string of the molecule is CCc1ccc(CC2CCCC2Br)cc1. The molecular formula is C14H19Br. The van der Waals surface area contributed by atoms with Crippen LogP contribution in [0.25, 0.3) is 0 Å². The highest BCUT2D eigenvalue weighted by Crippen LogP contribution is 2.33. The van der Waals surface area contributed by atoms with Crippen molar-refractivity contribution in [3.63, 3.8) is 0 Å². The first kappa shape index (κ1) is 11.2. The Labute approximate surface area is 101 Å². The van der Waals surface area contributed by atoms with Crippen molar-refractivity contribution in [2.75, 3.05) is 0 Å². The zero-order valence-electron chi connectivity index (χ0n) is 9.38. The van der Waals surface area contributed by atoms with E-state index in [2.05, 4.69) is 47.1 Å². The molecule has 1 aliphatic carbocycles. The molecule has 0 nitrogen and oxygen atoms in total. The maximum Gasteiger partial charge on any atom is 0.0177 e. The smallest absolute Gasteiger partial charge is 0.0177 e. The van der Waals surface area contributed by atoms with E-state index in [1.54, 1.807) is 0 Å². The molecule has 15 heavy (non-hydrogen) atoms. The maximum atomic E-state index is 3.79. The second-order valence-electron chi connectivity index (χ2n) is 4.58. The van der Waals surface area contributed by atoms with Crippen LogP contribution in [0.4, 0.5) is 0 Å². The molecule has 0 N–H and O–H groups in total. The first-order valence-electron chi connectivity index (χ1n) is 6.01. The van der Waals surface area contributed by atoms with Crippen LogP contribution in [0, 0.1) is 5.92 Å². The summed E-state index contributed by atoms with van der Waals surface area (Å²) in [7, 11) is 0. The molecule has 1 aromatic carbocycles. The minimum Gasteiger partial charge on any atom is -0.0888 e. The summed E-state index contributed by atoms with van der Waals surface area (Å²) in [4.78, 5) is 0.753. The van der Waals surface area contributed by atoms with Crippen molar-refractivity contribution in [3.8, 4) is 0 Å². The molecule has 0 aromatic heterocycles. The van der Waals surface area contributed by atoms with Crippen molar-refractivity contribution in [1.29, 1.82) is 0 Å². The topological polar surface area (TPSA) is 0 Å². The van der Waals surface area contributed by atoms with E-state index in [0.717, 1.165) is 17.2 Å². The summed E-state index contributed by atoms with van der Waals surface area (Å²) in [6.45, 7) is 2.21. The molecule has 1 aliphatic rings. The minimum atomic E-state index is 0.753. The number of benzene rings is 1. The number of hydrogen-bond acceptors (Lipinski definition) is 0. The van der Waals surface area contributed by atoms with Crippen LogP contribution in [0.5, 0.6) is 0 Å². The lowest BCUT2D eigenvalue weighted by molar-refractivity contribution is 0.562. The summed E-state index contributed by atoms with van der Waals surface area (Å²) in [6.07, 6.45) is 6.54. The molecule has 0 saturated heterocycles. The van der Waals surface area contributed by atoms with Crippen molar-refractivity contribution >= 4 is 15.9 Å². The van der Waals surface area contributed by atoms with Crippen molar-refractivity contribution in [2.24, 2.45) is 5.92 Å². The van der Waals surface area contributed by atoms with Gasteiger partial charge < -0.3 is 0 Å². The second kappa shape index (κ2) is 5.16. The fourth-order valence-electron chi connectivity index (χ4n) is 2.44. The lowest BCUT2D eigenvalue weighted by Gasteiger charge is -2.13. The fraction of sp³-hybridized carbons (Fsp3) is 0.571. The molecule has 0 heterocycles. The molecule has 2 rings (SSSR count). The zero-order chi connectivity index (χ0) is 10.7. The summed E-state index contributed by atoms with van der Waals surface area (Å²) in [5.74, 6) is 0.859. The van der Waals surface area contributed by atoms with Gasteiger partial charge in [-0.05, 0) is 42.7 Å². The molecule has 2 atom stereocenters. The van der Waals surface area contributed by atoms with Crippen LogP contribution in [-0.2, 0) is 12.8 Å². The van der Waals surface area contributed by atoms with Crippen molar-refractivity contribution in [3.05, 3.63) is 35.4 Å². The quantitative estimate of drug-likeness (QED) is 0.714. The molecule has 0 spiro atoms.